The average molecular weight is 346 g/mol. The molecule has 2 rings (SSSR count). The van der Waals surface area contributed by atoms with Gasteiger partial charge in [-0.05, 0) is 57.0 Å². The zero-order valence-corrected chi connectivity index (χ0v) is 15.4. The Morgan fingerprint density at radius 1 is 1.21 bits per heavy atom. The molecular weight excluding hydrogens is 322 g/mol. The first kappa shape index (κ1) is 18.3. The molecule has 1 aromatic rings. The lowest BCUT2D eigenvalue weighted by Crippen LogP contribution is -2.22. The summed E-state index contributed by atoms with van der Waals surface area (Å²) < 4.78 is 0. The molecule has 1 aromatic carbocycles. The lowest BCUT2D eigenvalue weighted by Gasteiger charge is -2.22. The molecule has 0 aromatic heterocycles. The molecule has 0 bridgehead atoms. The highest BCUT2D eigenvalue weighted by Crippen LogP contribution is 2.29. The number of aliphatic imine (C=N–C) groups is 1. The SMILES string of the molecule is CCC1=C(Cl)C(=O)C(N)=CC1=Nc1ccc(N(CC)CC)cc1C. The summed E-state index contributed by atoms with van der Waals surface area (Å²) in [5.41, 5.74) is 10.4. The Hall–Kier alpha value is -2.07. The van der Waals surface area contributed by atoms with Gasteiger partial charge >= 0.3 is 0 Å². The van der Waals surface area contributed by atoms with Crippen LogP contribution in [-0.2, 0) is 4.79 Å². The summed E-state index contributed by atoms with van der Waals surface area (Å²) in [5.74, 6) is -0.318. The molecular formula is C19H24ClN3O. The molecule has 0 radical (unpaired) electrons. The lowest BCUT2D eigenvalue weighted by atomic mass is 9.98. The third-order valence-corrected chi connectivity index (χ3v) is 4.63. The summed E-state index contributed by atoms with van der Waals surface area (Å²) in [4.78, 5) is 18.9. The highest BCUT2D eigenvalue weighted by atomic mass is 35.5. The molecule has 24 heavy (non-hydrogen) atoms. The molecule has 5 heteroatoms. The van der Waals surface area contributed by atoms with Crippen molar-refractivity contribution in [2.24, 2.45) is 10.7 Å². The number of allylic oxidation sites excluding steroid dienone is 3. The fraction of sp³-hybridized carbons (Fsp3) is 0.368. The van der Waals surface area contributed by atoms with Crippen molar-refractivity contribution in [3.63, 3.8) is 0 Å². The van der Waals surface area contributed by atoms with Gasteiger partial charge in [-0.25, -0.2) is 4.99 Å². The van der Waals surface area contributed by atoms with Gasteiger partial charge in [0.2, 0.25) is 5.78 Å². The Kier molecular flexibility index (Phi) is 5.84. The number of nitrogens with zero attached hydrogens (tertiary/aromatic N) is 2. The van der Waals surface area contributed by atoms with Crippen LogP contribution in [-0.4, -0.2) is 24.6 Å². The van der Waals surface area contributed by atoms with Crippen LogP contribution in [0.3, 0.4) is 0 Å². The summed E-state index contributed by atoms with van der Waals surface area (Å²) in [6, 6.07) is 6.19. The zero-order valence-electron chi connectivity index (χ0n) is 14.7. The van der Waals surface area contributed by atoms with Gasteiger partial charge in [0.05, 0.1) is 22.1 Å². The Labute approximate surface area is 148 Å². The van der Waals surface area contributed by atoms with E-state index >= 15 is 0 Å². The van der Waals surface area contributed by atoms with Crippen molar-refractivity contribution < 1.29 is 4.79 Å². The Balaban J connectivity index is 2.45. The number of hydrogen-bond donors (Lipinski definition) is 1. The predicted octanol–water partition coefficient (Wildman–Crippen LogP) is 4.24. The van der Waals surface area contributed by atoms with E-state index in [0.29, 0.717) is 12.1 Å². The fourth-order valence-electron chi connectivity index (χ4n) is 2.79. The Morgan fingerprint density at radius 3 is 2.42 bits per heavy atom. The Bertz CT molecular complexity index is 743. The van der Waals surface area contributed by atoms with Gasteiger partial charge in [-0.2, -0.15) is 0 Å². The quantitative estimate of drug-likeness (QED) is 0.812. The van der Waals surface area contributed by atoms with E-state index in [4.69, 9.17) is 22.3 Å². The number of benzene rings is 1. The largest absolute Gasteiger partial charge is 0.395 e. The second kappa shape index (κ2) is 7.67. The molecule has 1 aliphatic rings. The first-order valence-corrected chi connectivity index (χ1v) is 8.65. The minimum atomic E-state index is -0.318. The van der Waals surface area contributed by atoms with E-state index in [0.717, 1.165) is 29.9 Å². The van der Waals surface area contributed by atoms with Gasteiger partial charge in [0.25, 0.3) is 0 Å². The molecule has 0 atom stereocenters. The van der Waals surface area contributed by atoms with Crippen LogP contribution >= 0.6 is 11.6 Å². The van der Waals surface area contributed by atoms with Crippen LogP contribution in [0.4, 0.5) is 11.4 Å². The predicted molar refractivity (Wildman–Crippen MR) is 102 cm³/mol. The summed E-state index contributed by atoms with van der Waals surface area (Å²) in [6.07, 6.45) is 2.24. The first-order valence-electron chi connectivity index (χ1n) is 8.28. The van der Waals surface area contributed by atoms with E-state index in [2.05, 4.69) is 30.9 Å². The van der Waals surface area contributed by atoms with E-state index in [9.17, 15) is 4.79 Å². The number of Topliss-reactive ketones (excluding diaryl/α,β-unsaturated/α-hetero) is 1. The maximum Gasteiger partial charge on any atom is 0.220 e. The molecule has 0 saturated carbocycles. The van der Waals surface area contributed by atoms with Crippen LogP contribution in [0, 0.1) is 6.92 Å². The van der Waals surface area contributed by atoms with Gasteiger partial charge in [0.1, 0.15) is 0 Å². The van der Waals surface area contributed by atoms with Gasteiger partial charge in [-0.1, -0.05) is 18.5 Å². The van der Waals surface area contributed by atoms with Crippen LogP contribution in [0.25, 0.3) is 0 Å². The molecule has 0 amide bonds. The maximum absolute atomic E-state index is 11.9. The zero-order chi connectivity index (χ0) is 17.9. The summed E-state index contributed by atoms with van der Waals surface area (Å²) >= 11 is 6.16. The monoisotopic (exact) mass is 345 g/mol. The number of rotatable bonds is 5. The van der Waals surface area contributed by atoms with Crippen molar-refractivity contribution in [2.45, 2.75) is 34.1 Å². The molecule has 0 aliphatic heterocycles. The van der Waals surface area contributed by atoms with Crippen molar-refractivity contribution in [2.75, 3.05) is 18.0 Å². The van der Waals surface area contributed by atoms with Crippen LogP contribution in [0.15, 0.2) is 45.6 Å². The maximum atomic E-state index is 11.9. The van der Waals surface area contributed by atoms with Crippen LogP contribution in [0.5, 0.6) is 0 Å². The normalized spacial score (nSPS) is 16.6. The Morgan fingerprint density at radius 2 is 1.88 bits per heavy atom. The summed E-state index contributed by atoms with van der Waals surface area (Å²) in [6.45, 7) is 10.2. The smallest absolute Gasteiger partial charge is 0.220 e. The van der Waals surface area contributed by atoms with E-state index in [-0.39, 0.29) is 16.5 Å². The van der Waals surface area contributed by atoms with Crippen LogP contribution in [0.1, 0.15) is 32.8 Å². The molecule has 0 saturated heterocycles. The van der Waals surface area contributed by atoms with Gasteiger partial charge in [0.15, 0.2) is 0 Å². The summed E-state index contributed by atoms with van der Waals surface area (Å²) in [7, 11) is 0. The second-order valence-electron chi connectivity index (χ2n) is 5.72. The van der Waals surface area contributed by atoms with E-state index in [1.807, 2.05) is 19.9 Å². The fourth-order valence-corrected chi connectivity index (χ4v) is 3.13. The number of ketones is 1. The second-order valence-corrected chi connectivity index (χ2v) is 6.09. The number of halogens is 1. The van der Waals surface area contributed by atoms with Crippen LogP contribution in [0.2, 0.25) is 0 Å². The van der Waals surface area contributed by atoms with Crippen molar-refractivity contribution >= 4 is 34.5 Å². The minimum absolute atomic E-state index is 0.133. The molecule has 128 valence electrons. The lowest BCUT2D eigenvalue weighted by molar-refractivity contribution is -0.111. The number of hydrogen-bond acceptors (Lipinski definition) is 4. The summed E-state index contributed by atoms with van der Waals surface area (Å²) in [5, 5.41) is 0.175. The number of carbonyl (C=O) groups excluding carboxylic acids is 1. The number of carbonyl (C=O) groups is 1. The molecule has 4 nitrogen and oxygen atoms in total. The highest BCUT2D eigenvalue weighted by Gasteiger charge is 2.23. The van der Waals surface area contributed by atoms with E-state index in [1.165, 1.54) is 5.69 Å². The number of anilines is 1. The number of aryl methyl sites for hydroxylation is 1. The van der Waals surface area contributed by atoms with Crippen molar-refractivity contribution in [1.29, 1.82) is 0 Å². The third-order valence-electron chi connectivity index (χ3n) is 4.23. The van der Waals surface area contributed by atoms with Gasteiger partial charge in [-0.3, -0.25) is 4.79 Å². The standard InChI is InChI=1S/C19H24ClN3O/c1-5-14-17(11-15(21)19(24)18(14)20)22-16-9-8-13(10-12(16)4)23(6-2)7-3/h8-11H,5-7,21H2,1-4H3. The highest BCUT2D eigenvalue weighted by molar-refractivity contribution is 6.49. The van der Waals surface area contributed by atoms with Crippen molar-refractivity contribution in [3.05, 3.63) is 46.1 Å². The molecule has 1 aliphatic carbocycles. The third kappa shape index (κ3) is 3.54. The molecule has 2 N–H and O–H groups in total. The van der Waals surface area contributed by atoms with Gasteiger partial charge < -0.3 is 10.6 Å². The van der Waals surface area contributed by atoms with Crippen LogP contribution < -0.4 is 10.6 Å². The molecule has 0 spiro atoms. The van der Waals surface area contributed by atoms with Gasteiger partial charge in [-0.15, -0.1) is 0 Å². The van der Waals surface area contributed by atoms with Gasteiger partial charge in [0, 0.05) is 24.4 Å². The van der Waals surface area contributed by atoms with E-state index in [1.54, 1.807) is 6.08 Å². The molecule has 0 fully saturated rings. The first-order chi connectivity index (χ1) is 11.4. The van der Waals surface area contributed by atoms with Crippen molar-refractivity contribution in [1.82, 2.24) is 0 Å². The topological polar surface area (TPSA) is 58.7 Å². The van der Waals surface area contributed by atoms with Crippen molar-refractivity contribution in [3.8, 4) is 0 Å². The number of nitrogens with two attached hydrogens (primary N) is 1. The average Bonchev–Trinajstić information content (AvgIpc) is 2.56. The van der Waals surface area contributed by atoms with E-state index < -0.39 is 0 Å². The molecule has 0 heterocycles. The minimum Gasteiger partial charge on any atom is -0.395 e. The molecule has 0 unspecified atom stereocenters.